The molecule has 0 radical (unpaired) electrons. The summed E-state index contributed by atoms with van der Waals surface area (Å²) in [6.45, 7) is 9.45. The summed E-state index contributed by atoms with van der Waals surface area (Å²) in [5.74, 6) is -0.591. The molecule has 3 N–H and O–H groups in total. The Morgan fingerprint density at radius 3 is 0.782 bits per heavy atom. The average Bonchev–Trinajstić information content (AvgIpc) is 3.70. The highest BCUT2D eigenvalue weighted by molar-refractivity contribution is 7.47. The van der Waals surface area contributed by atoms with E-state index in [1.807, 2.05) is 0 Å². The van der Waals surface area contributed by atoms with E-state index in [0.717, 1.165) is 108 Å². The Balaban J connectivity index is 5.15. The van der Waals surface area contributed by atoms with Crippen molar-refractivity contribution in [2.75, 3.05) is 39.6 Å². The summed E-state index contributed by atoms with van der Waals surface area (Å²) in [4.78, 5) is 72.2. The maximum Gasteiger partial charge on any atom is 0.472 e. The Bertz CT molecular complexity index is 1700. The van der Waals surface area contributed by atoms with E-state index in [0.29, 0.717) is 25.7 Å². The number of carbonyl (C=O) groups is 4. The zero-order valence-corrected chi connectivity index (χ0v) is 58.1. The summed E-state index contributed by atoms with van der Waals surface area (Å²) in [5.41, 5.74) is 0. The van der Waals surface area contributed by atoms with Crippen molar-refractivity contribution in [1.82, 2.24) is 0 Å². The minimum absolute atomic E-state index is 0.106. The summed E-state index contributed by atoms with van der Waals surface area (Å²) in [6, 6.07) is 0. The number of unbranched alkanes of at least 4 members (excludes halogenated alkanes) is 37. The van der Waals surface area contributed by atoms with Gasteiger partial charge in [-0.25, -0.2) is 9.13 Å². The molecule has 0 aliphatic heterocycles. The highest BCUT2D eigenvalue weighted by Gasteiger charge is 2.30. The summed E-state index contributed by atoms with van der Waals surface area (Å²) >= 11 is 0. The monoisotopic (exact) mass is 1280 g/mol. The molecule has 2 unspecified atom stereocenters. The smallest absolute Gasteiger partial charge is 0.462 e. The SMILES string of the molecule is CCCCCCCCCCCCCCC(=O)O[C@H](COC(=O)CCCCCCC)COP(=O)(O)OC[C@H](O)COP(=O)(O)OC[C@@H](COC(=O)CCCCCCCCCCCC(C)C)OC(=O)CCCCCCCCCCCCCCCCCC(C)C. The largest absolute Gasteiger partial charge is 0.472 e. The fourth-order valence-corrected chi connectivity index (χ4v) is 11.8. The number of aliphatic hydroxyl groups is 1. The Labute approximate surface area is 530 Å². The molecule has 0 aromatic rings. The molecule has 516 valence electrons. The Morgan fingerprint density at radius 2 is 0.529 bits per heavy atom. The lowest BCUT2D eigenvalue weighted by Gasteiger charge is -2.21. The normalized spacial score (nSPS) is 14.2. The van der Waals surface area contributed by atoms with Gasteiger partial charge in [0.15, 0.2) is 12.2 Å². The van der Waals surface area contributed by atoms with Gasteiger partial charge in [0, 0.05) is 25.7 Å². The fraction of sp³-hybridized carbons (Fsp3) is 0.941. The van der Waals surface area contributed by atoms with Crippen molar-refractivity contribution in [2.24, 2.45) is 11.8 Å². The maximum atomic E-state index is 13.0. The molecule has 87 heavy (non-hydrogen) atoms. The summed E-state index contributed by atoms with van der Waals surface area (Å²) in [7, 11) is -9.89. The molecule has 0 aliphatic rings. The maximum absolute atomic E-state index is 13.0. The van der Waals surface area contributed by atoms with Crippen LogP contribution < -0.4 is 0 Å². The van der Waals surface area contributed by atoms with E-state index in [1.165, 1.54) is 154 Å². The second kappa shape index (κ2) is 60.3. The van der Waals surface area contributed by atoms with Gasteiger partial charge in [0.05, 0.1) is 26.4 Å². The lowest BCUT2D eigenvalue weighted by Crippen LogP contribution is -2.30. The molecule has 0 aromatic heterocycles. The fourth-order valence-electron chi connectivity index (χ4n) is 10.2. The summed E-state index contributed by atoms with van der Waals surface area (Å²) in [5, 5.41) is 10.5. The Kier molecular flexibility index (Phi) is 59.0. The molecule has 5 atom stereocenters. The molecule has 0 rings (SSSR count). The average molecular weight is 1280 g/mol. The van der Waals surface area contributed by atoms with E-state index in [9.17, 15) is 43.2 Å². The van der Waals surface area contributed by atoms with Crippen LogP contribution in [-0.2, 0) is 65.4 Å². The van der Waals surface area contributed by atoms with E-state index in [2.05, 4.69) is 41.5 Å². The minimum atomic E-state index is -4.95. The van der Waals surface area contributed by atoms with Gasteiger partial charge in [0.25, 0.3) is 0 Å². The molecule has 0 bridgehead atoms. The van der Waals surface area contributed by atoms with E-state index in [1.54, 1.807) is 0 Å². The lowest BCUT2D eigenvalue weighted by molar-refractivity contribution is -0.161. The van der Waals surface area contributed by atoms with Gasteiger partial charge < -0.3 is 33.8 Å². The van der Waals surface area contributed by atoms with Crippen LogP contribution in [0.2, 0.25) is 0 Å². The molecule has 0 saturated carbocycles. The van der Waals surface area contributed by atoms with Crippen LogP contribution in [0, 0.1) is 11.8 Å². The van der Waals surface area contributed by atoms with Crippen molar-refractivity contribution in [1.29, 1.82) is 0 Å². The van der Waals surface area contributed by atoms with Crippen LogP contribution in [0.3, 0.4) is 0 Å². The number of hydrogen-bond donors (Lipinski definition) is 3. The topological polar surface area (TPSA) is 237 Å². The second-order valence-corrected chi connectivity index (χ2v) is 28.4. The first-order chi connectivity index (χ1) is 41.9. The second-order valence-electron chi connectivity index (χ2n) is 25.5. The molecule has 19 heteroatoms. The molecule has 0 spiro atoms. The highest BCUT2D eigenvalue weighted by atomic mass is 31.2. The van der Waals surface area contributed by atoms with Gasteiger partial charge >= 0.3 is 39.5 Å². The molecule has 17 nitrogen and oxygen atoms in total. The zero-order valence-electron chi connectivity index (χ0n) is 56.3. The van der Waals surface area contributed by atoms with Crippen LogP contribution in [-0.4, -0.2) is 96.7 Å². The predicted molar refractivity (Wildman–Crippen MR) is 349 cm³/mol. The summed E-state index contributed by atoms with van der Waals surface area (Å²) in [6.07, 6.45) is 44.8. The standard InChI is InChI=1S/C68H132O17P2/c1-7-9-11-13-14-15-16-23-28-34-40-46-52-67(72)84-63(56-78-65(70)50-44-36-12-10-8-2)58-82-86(74,75)80-54-62(69)55-81-87(76,77)83-59-64(57-79-66(71)51-45-39-33-30-25-27-32-38-43-49-61(5)6)85-68(73)53-47-41-35-29-24-21-19-17-18-20-22-26-31-37-42-48-60(3)4/h60-64,69H,7-59H2,1-6H3,(H,74,75)(H,76,77)/t62-,63+,64+/m0/s1. The molecular weight excluding hydrogens is 1150 g/mol. The van der Waals surface area contributed by atoms with Crippen LogP contribution in [0.1, 0.15) is 343 Å². The van der Waals surface area contributed by atoms with Crippen LogP contribution in [0.4, 0.5) is 0 Å². The third kappa shape index (κ3) is 62.6. The van der Waals surface area contributed by atoms with E-state index < -0.39 is 97.5 Å². The molecule has 0 heterocycles. The molecule has 0 saturated heterocycles. The van der Waals surface area contributed by atoms with Crippen molar-refractivity contribution in [3.8, 4) is 0 Å². The van der Waals surface area contributed by atoms with Crippen LogP contribution >= 0.6 is 15.6 Å². The first-order valence-corrected chi connectivity index (χ1v) is 38.5. The van der Waals surface area contributed by atoms with E-state index >= 15 is 0 Å². The molecule has 0 fully saturated rings. The van der Waals surface area contributed by atoms with Gasteiger partial charge in [0.2, 0.25) is 0 Å². The molecule has 0 aliphatic carbocycles. The van der Waals surface area contributed by atoms with Crippen molar-refractivity contribution in [3.05, 3.63) is 0 Å². The van der Waals surface area contributed by atoms with Crippen LogP contribution in [0.5, 0.6) is 0 Å². The third-order valence-electron chi connectivity index (χ3n) is 15.7. The minimum Gasteiger partial charge on any atom is -0.462 e. The van der Waals surface area contributed by atoms with Crippen LogP contribution in [0.25, 0.3) is 0 Å². The van der Waals surface area contributed by atoms with Crippen molar-refractivity contribution >= 4 is 39.5 Å². The van der Waals surface area contributed by atoms with Crippen LogP contribution in [0.15, 0.2) is 0 Å². The van der Waals surface area contributed by atoms with E-state index in [-0.39, 0.29) is 25.7 Å². The zero-order chi connectivity index (χ0) is 64.3. The quantitative estimate of drug-likeness (QED) is 0.0222. The number of phosphoric ester groups is 2. The lowest BCUT2D eigenvalue weighted by atomic mass is 10.0. The van der Waals surface area contributed by atoms with Gasteiger partial charge in [-0.3, -0.25) is 37.3 Å². The Morgan fingerprint density at radius 1 is 0.310 bits per heavy atom. The highest BCUT2D eigenvalue weighted by Crippen LogP contribution is 2.45. The number of hydrogen-bond acceptors (Lipinski definition) is 15. The number of carbonyl (C=O) groups excluding carboxylic acids is 4. The van der Waals surface area contributed by atoms with Gasteiger partial charge in [-0.05, 0) is 37.5 Å². The van der Waals surface area contributed by atoms with Crippen molar-refractivity contribution in [3.63, 3.8) is 0 Å². The van der Waals surface area contributed by atoms with Gasteiger partial charge in [-0.1, -0.05) is 292 Å². The number of esters is 4. The molecule has 0 aromatic carbocycles. The number of phosphoric acid groups is 2. The number of rotatable bonds is 67. The number of ether oxygens (including phenoxy) is 4. The first-order valence-electron chi connectivity index (χ1n) is 35.5. The molecular formula is C68H132O17P2. The van der Waals surface area contributed by atoms with E-state index in [4.69, 9.17) is 37.0 Å². The molecule has 0 amide bonds. The first kappa shape index (κ1) is 85.1. The summed E-state index contributed by atoms with van der Waals surface area (Å²) < 4.78 is 68.0. The predicted octanol–water partition coefficient (Wildman–Crippen LogP) is 19.2. The van der Waals surface area contributed by atoms with Gasteiger partial charge in [-0.2, -0.15) is 0 Å². The van der Waals surface area contributed by atoms with Gasteiger partial charge in [-0.15, -0.1) is 0 Å². The van der Waals surface area contributed by atoms with Crippen molar-refractivity contribution in [2.45, 2.75) is 362 Å². The Hall–Kier alpha value is -1.94. The number of aliphatic hydroxyl groups excluding tert-OH is 1. The van der Waals surface area contributed by atoms with Crippen molar-refractivity contribution < 1.29 is 80.2 Å². The van der Waals surface area contributed by atoms with Gasteiger partial charge in [0.1, 0.15) is 19.3 Å². The third-order valence-corrected chi connectivity index (χ3v) is 17.6.